The number of nitrogens with zero attached hydrogens (tertiary/aromatic N) is 3. The SMILES string of the molecule is Cc1nc(Cn2c(=O)oc3cc(S(=O)(=O)NCc4ccccc4Cl)ccc32)no1. The monoisotopic (exact) mass is 434 g/mol. The van der Waals surface area contributed by atoms with Crippen LogP contribution in [0.1, 0.15) is 17.3 Å². The molecule has 2 aromatic carbocycles. The lowest BCUT2D eigenvalue weighted by Gasteiger charge is -2.08. The highest BCUT2D eigenvalue weighted by atomic mass is 35.5. The zero-order valence-electron chi connectivity index (χ0n) is 15.1. The van der Waals surface area contributed by atoms with Crippen LogP contribution in [-0.4, -0.2) is 23.1 Å². The van der Waals surface area contributed by atoms with Crippen LogP contribution < -0.4 is 10.5 Å². The van der Waals surface area contributed by atoms with Gasteiger partial charge in [0.25, 0.3) is 0 Å². The van der Waals surface area contributed by atoms with E-state index in [1.165, 1.54) is 22.8 Å². The Bertz CT molecular complexity index is 1360. The first-order chi connectivity index (χ1) is 13.8. The van der Waals surface area contributed by atoms with Gasteiger partial charge in [0.2, 0.25) is 15.9 Å². The van der Waals surface area contributed by atoms with Gasteiger partial charge in [-0.25, -0.2) is 17.9 Å². The van der Waals surface area contributed by atoms with Gasteiger partial charge in [0.05, 0.1) is 17.0 Å². The summed E-state index contributed by atoms with van der Waals surface area (Å²) in [5, 5.41) is 4.21. The highest BCUT2D eigenvalue weighted by Crippen LogP contribution is 2.20. The maximum absolute atomic E-state index is 12.6. The number of rotatable bonds is 6. The summed E-state index contributed by atoms with van der Waals surface area (Å²) in [5.74, 6) is 0.0326. The number of benzene rings is 2. The first-order valence-corrected chi connectivity index (χ1v) is 10.4. The molecule has 1 N–H and O–H groups in total. The Morgan fingerprint density at radius 3 is 2.72 bits per heavy atom. The summed E-state index contributed by atoms with van der Waals surface area (Å²) < 4.78 is 39.2. The van der Waals surface area contributed by atoms with Crippen molar-refractivity contribution in [2.45, 2.75) is 24.9 Å². The predicted molar refractivity (Wildman–Crippen MR) is 104 cm³/mol. The molecule has 2 heterocycles. The van der Waals surface area contributed by atoms with E-state index in [1.807, 2.05) is 0 Å². The van der Waals surface area contributed by atoms with Gasteiger partial charge in [-0.2, -0.15) is 4.98 Å². The lowest BCUT2D eigenvalue weighted by atomic mass is 10.2. The maximum atomic E-state index is 12.6. The molecule has 11 heteroatoms. The number of hydrogen-bond acceptors (Lipinski definition) is 7. The van der Waals surface area contributed by atoms with Crippen molar-refractivity contribution in [1.82, 2.24) is 19.4 Å². The lowest BCUT2D eigenvalue weighted by molar-refractivity contribution is 0.385. The van der Waals surface area contributed by atoms with Crippen LogP contribution in [0, 0.1) is 6.92 Å². The van der Waals surface area contributed by atoms with Crippen molar-refractivity contribution in [3.8, 4) is 0 Å². The van der Waals surface area contributed by atoms with Crippen molar-refractivity contribution in [2.24, 2.45) is 0 Å². The Balaban J connectivity index is 1.61. The van der Waals surface area contributed by atoms with Crippen molar-refractivity contribution in [3.63, 3.8) is 0 Å². The van der Waals surface area contributed by atoms with E-state index in [4.69, 9.17) is 20.5 Å². The van der Waals surface area contributed by atoms with Crippen LogP contribution in [0.5, 0.6) is 0 Å². The summed E-state index contributed by atoms with van der Waals surface area (Å²) >= 11 is 6.06. The molecular weight excluding hydrogens is 420 g/mol. The number of halogens is 1. The van der Waals surface area contributed by atoms with Crippen LogP contribution in [0.25, 0.3) is 11.1 Å². The molecule has 0 saturated heterocycles. The molecule has 0 aliphatic carbocycles. The smallest absolute Gasteiger partial charge is 0.408 e. The molecule has 0 saturated carbocycles. The normalized spacial score (nSPS) is 11.9. The standard InChI is InChI=1S/C18H15ClN4O5S/c1-11-21-17(22-28-11)10-23-15-7-6-13(8-16(15)27-18(23)24)29(25,26)20-9-12-4-2-3-5-14(12)19/h2-8,20H,9-10H2,1H3. The molecule has 0 bridgehead atoms. The fraction of sp³-hybridized carbons (Fsp3) is 0.167. The van der Waals surface area contributed by atoms with Gasteiger partial charge in [0.1, 0.15) is 0 Å². The highest BCUT2D eigenvalue weighted by Gasteiger charge is 2.19. The fourth-order valence-corrected chi connectivity index (χ4v) is 4.03. The Morgan fingerprint density at radius 2 is 2.00 bits per heavy atom. The van der Waals surface area contributed by atoms with Crippen LogP contribution in [0.15, 0.2) is 61.1 Å². The molecule has 0 unspecified atom stereocenters. The first-order valence-electron chi connectivity index (χ1n) is 8.49. The van der Waals surface area contributed by atoms with Crippen molar-refractivity contribution < 1.29 is 17.4 Å². The van der Waals surface area contributed by atoms with E-state index in [2.05, 4.69) is 14.9 Å². The van der Waals surface area contributed by atoms with Crippen LogP contribution in [0.2, 0.25) is 5.02 Å². The van der Waals surface area contributed by atoms with E-state index in [0.29, 0.717) is 27.8 Å². The summed E-state index contributed by atoms with van der Waals surface area (Å²) in [6.07, 6.45) is 0. The molecule has 2 aromatic heterocycles. The Morgan fingerprint density at radius 1 is 1.21 bits per heavy atom. The quantitative estimate of drug-likeness (QED) is 0.494. The molecule has 4 aromatic rings. The third-order valence-electron chi connectivity index (χ3n) is 4.23. The Labute approximate surface area is 170 Å². The minimum absolute atomic E-state index is 0.0299. The summed E-state index contributed by atoms with van der Waals surface area (Å²) in [7, 11) is -3.85. The average molecular weight is 435 g/mol. The van der Waals surface area contributed by atoms with E-state index in [0.717, 1.165) is 0 Å². The zero-order chi connectivity index (χ0) is 20.6. The lowest BCUT2D eigenvalue weighted by Crippen LogP contribution is -2.23. The number of nitrogens with one attached hydrogen (secondary N) is 1. The van der Waals surface area contributed by atoms with Gasteiger partial charge in [-0.1, -0.05) is 35.0 Å². The third-order valence-corrected chi connectivity index (χ3v) is 6.00. The minimum Gasteiger partial charge on any atom is -0.408 e. The van der Waals surface area contributed by atoms with E-state index in [9.17, 15) is 13.2 Å². The van der Waals surface area contributed by atoms with Crippen LogP contribution >= 0.6 is 11.6 Å². The van der Waals surface area contributed by atoms with Gasteiger partial charge in [0.15, 0.2) is 11.4 Å². The fourth-order valence-electron chi connectivity index (χ4n) is 2.81. The highest BCUT2D eigenvalue weighted by molar-refractivity contribution is 7.89. The van der Waals surface area contributed by atoms with Gasteiger partial charge >= 0.3 is 5.76 Å². The topological polar surface area (TPSA) is 120 Å². The molecule has 150 valence electrons. The number of aryl methyl sites for hydroxylation is 1. The molecular formula is C18H15ClN4O5S. The van der Waals surface area contributed by atoms with Crippen molar-refractivity contribution in [3.05, 3.63) is 75.3 Å². The van der Waals surface area contributed by atoms with Crippen molar-refractivity contribution in [2.75, 3.05) is 0 Å². The number of hydrogen-bond donors (Lipinski definition) is 1. The summed E-state index contributed by atoms with van der Waals surface area (Å²) in [4.78, 5) is 16.2. The van der Waals surface area contributed by atoms with Crippen LogP contribution in [0.4, 0.5) is 0 Å². The van der Waals surface area contributed by atoms with Gasteiger partial charge in [0, 0.05) is 24.6 Å². The molecule has 0 aliphatic heterocycles. The van der Waals surface area contributed by atoms with E-state index in [-0.39, 0.29) is 23.6 Å². The molecule has 0 aliphatic rings. The largest absolute Gasteiger partial charge is 0.420 e. The predicted octanol–water partition coefficient (Wildman–Crippen LogP) is 2.47. The molecule has 9 nitrogen and oxygen atoms in total. The molecule has 0 fully saturated rings. The number of oxazole rings is 1. The zero-order valence-corrected chi connectivity index (χ0v) is 16.7. The summed E-state index contributed by atoms with van der Waals surface area (Å²) in [5.41, 5.74) is 1.20. The summed E-state index contributed by atoms with van der Waals surface area (Å²) in [6, 6.07) is 11.1. The van der Waals surface area contributed by atoms with E-state index >= 15 is 0 Å². The molecule has 0 amide bonds. The Kier molecular flexibility index (Phi) is 4.99. The molecule has 0 spiro atoms. The van der Waals surface area contributed by atoms with Crippen molar-refractivity contribution >= 4 is 32.7 Å². The maximum Gasteiger partial charge on any atom is 0.420 e. The second kappa shape index (κ2) is 7.47. The van der Waals surface area contributed by atoms with Gasteiger partial charge in [-0.15, -0.1) is 0 Å². The number of aromatic nitrogens is 3. The van der Waals surface area contributed by atoms with Gasteiger partial charge < -0.3 is 8.94 Å². The van der Waals surface area contributed by atoms with Crippen molar-refractivity contribution in [1.29, 1.82) is 0 Å². The van der Waals surface area contributed by atoms with Gasteiger partial charge in [-0.3, -0.25) is 4.57 Å². The second-order valence-electron chi connectivity index (χ2n) is 6.23. The number of sulfonamides is 1. The number of fused-ring (bicyclic) bond motifs is 1. The molecule has 0 radical (unpaired) electrons. The average Bonchev–Trinajstić information content (AvgIpc) is 3.23. The molecule has 29 heavy (non-hydrogen) atoms. The first kappa shape index (κ1) is 19.4. The minimum atomic E-state index is -3.85. The molecule has 0 atom stereocenters. The van der Waals surface area contributed by atoms with E-state index < -0.39 is 15.8 Å². The van der Waals surface area contributed by atoms with Crippen LogP contribution in [-0.2, 0) is 23.1 Å². The van der Waals surface area contributed by atoms with Gasteiger partial charge in [-0.05, 0) is 23.8 Å². The third kappa shape index (κ3) is 3.95. The summed E-state index contributed by atoms with van der Waals surface area (Å²) in [6.45, 7) is 1.71. The second-order valence-corrected chi connectivity index (χ2v) is 8.40. The van der Waals surface area contributed by atoms with Crippen LogP contribution in [0.3, 0.4) is 0 Å². The Hall–Kier alpha value is -2.95. The molecule has 4 rings (SSSR count). The van der Waals surface area contributed by atoms with E-state index in [1.54, 1.807) is 31.2 Å².